The van der Waals surface area contributed by atoms with Gasteiger partial charge in [0.2, 0.25) is 0 Å². The first kappa shape index (κ1) is 13.3. The molecule has 4 heteroatoms. The van der Waals surface area contributed by atoms with Crippen LogP contribution in [0.3, 0.4) is 0 Å². The molecule has 18 heavy (non-hydrogen) atoms. The van der Waals surface area contributed by atoms with Gasteiger partial charge in [0.05, 0.1) is 12.2 Å². The van der Waals surface area contributed by atoms with Gasteiger partial charge in [0, 0.05) is 18.8 Å². The summed E-state index contributed by atoms with van der Waals surface area (Å²) in [4.78, 5) is 2.12. The van der Waals surface area contributed by atoms with Crippen molar-refractivity contribution < 1.29 is 10.2 Å². The van der Waals surface area contributed by atoms with Gasteiger partial charge in [-0.3, -0.25) is 0 Å². The molecule has 0 radical (unpaired) electrons. The Morgan fingerprint density at radius 2 is 2.17 bits per heavy atom. The lowest BCUT2D eigenvalue weighted by molar-refractivity contribution is 0.0210. The molecule has 0 saturated heterocycles. The molecule has 1 aromatic carbocycles. The normalized spacial score (nSPS) is 24.9. The zero-order chi connectivity index (χ0) is 13.1. The van der Waals surface area contributed by atoms with E-state index in [2.05, 4.69) is 4.90 Å². The first-order valence-corrected chi connectivity index (χ1v) is 6.44. The maximum atomic E-state index is 10.1. The molecule has 4 N–H and O–H groups in total. The molecule has 1 saturated carbocycles. The van der Waals surface area contributed by atoms with Crippen LogP contribution < -0.4 is 5.73 Å². The summed E-state index contributed by atoms with van der Waals surface area (Å²) in [6, 6.07) is 7.37. The van der Waals surface area contributed by atoms with E-state index in [-0.39, 0.29) is 6.10 Å². The smallest absolute Gasteiger partial charge is 0.0917 e. The van der Waals surface area contributed by atoms with Crippen LogP contribution in [-0.2, 0) is 0 Å². The molecule has 1 aliphatic rings. The first-order chi connectivity index (χ1) is 8.54. The third kappa shape index (κ3) is 3.45. The molecule has 0 amide bonds. The van der Waals surface area contributed by atoms with Gasteiger partial charge in [-0.2, -0.15) is 0 Å². The second kappa shape index (κ2) is 5.69. The summed E-state index contributed by atoms with van der Waals surface area (Å²) in [6.07, 6.45) is 1.16. The summed E-state index contributed by atoms with van der Waals surface area (Å²) >= 11 is 0. The topological polar surface area (TPSA) is 69.7 Å². The van der Waals surface area contributed by atoms with E-state index in [0.717, 1.165) is 24.9 Å². The molecule has 0 bridgehead atoms. The van der Waals surface area contributed by atoms with Crippen LogP contribution in [0.5, 0.6) is 0 Å². The van der Waals surface area contributed by atoms with Gasteiger partial charge in [-0.25, -0.2) is 0 Å². The van der Waals surface area contributed by atoms with Gasteiger partial charge in [0.25, 0.3) is 0 Å². The minimum atomic E-state index is -0.511. The molecule has 1 unspecified atom stereocenters. The number of hydrogen-bond donors (Lipinski definition) is 3. The van der Waals surface area contributed by atoms with Crippen LogP contribution in [-0.4, -0.2) is 41.4 Å². The number of aliphatic hydroxyl groups excluding tert-OH is 2. The molecule has 4 nitrogen and oxygen atoms in total. The monoisotopic (exact) mass is 250 g/mol. The zero-order valence-corrected chi connectivity index (χ0v) is 10.8. The van der Waals surface area contributed by atoms with Gasteiger partial charge in [-0.1, -0.05) is 12.1 Å². The molecule has 2 rings (SSSR count). The van der Waals surface area contributed by atoms with Crippen molar-refractivity contribution in [1.82, 2.24) is 4.90 Å². The summed E-state index contributed by atoms with van der Waals surface area (Å²) in [5.41, 5.74) is 7.24. The number of rotatable bonds is 5. The van der Waals surface area contributed by atoms with Crippen molar-refractivity contribution in [3.05, 3.63) is 29.8 Å². The fraction of sp³-hybridized carbons (Fsp3) is 0.571. The molecule has 0 spiro atoms. The fourth-order valence-electron chi connectivity index (χ4n) is 2.53. The predicted octanol–water partition coefficient (Wildman–Crippen LogP) is 1.00. The number of aliphatic hydroxyl groups is 2. The average Bonchev–Trinajstić information content (AvgIpc) is 2.26. The highest BCUT2D eigenvalue weighted by Gasteiger charge is 2.28. The Morgan fingerprint density at radius 3 is 2.78 bits per heavy atom. The predicted molar refractivity (Wildman–Crippen MR) is 72.0 cm³/mol. The largest absolute Gasteiger partial charge is 0.399 e. The summed E-state index contributed by atoms with van der Waals surface area (Å²) in [5, 5.41) is 19.4. The van der Waals surface area contributed by atoms with E-state index in [4.69, 9.17) is 5.73 Å². The molecular formula is C14H22N2O2. The molecule has 1 aromatic rings. The van der Waals surface area contributed by atoms with Gasteiger partial charge >= 0.3 is 0 Å². The maximum absolute atomic E-state index is 10.1. The Kier molecular flexibility index (Phi) is 4.22. The second-order valence-corrected chi connectivity index (χ2v) is 5.40. The van der Waals surface area contributed by atoms with Gasteiger partial charge in [-0.05, 0) is 43.5 Å². The highest BCUT2D eigenvalue weighted by atomic mass is 16.3. The molecule has 0 aliphatic heterocycles. The van der Waals surface area contributed by atoms with Gasteiger partial charge in [-0.15, -0.1) is 0 Å². The second-order valence-electron chi connectivity index (χ2n) is 5.40. The summed E-state index contributed by atoms with van der Waals surface area (Å²) < 4.78 is 0. The third-order valence-corrected chi connectivity index (χ3v) is 3.56. The molecule has 100 valence electrons. The Morgan fingerprint density at radius 1 is 1.44 bits per heavy atom. The van der Waals surface area contributed by atoms with Crippen molar-refractivity contribution in [1.29, 1.82) is 0 Å². The molecule has 1 atom stereocenters. The van der Waals surface area contributed by atoms with E-state index in [1.54, 1.807) is 0 Å². The van der Waals surface area contributed by atoms with Gasteiger partial charge < -0.3 is 20.8 Å². The van der Waals surface area contributed by atoms with Crippen LogP contribution in [0.15, 0.2) is 24.3 Å². The van der Waals surface area contributed by atoms with Crippen molar-refractivity contribution in [2.45, 2.75) is 25.0 Å². The average molecular weight is 250 g/mol. The van der Waals surface area contributed by atoms with E-state index in [1.807, 2.05) is 31.3 Å². The number of nitrogens with zero attached hydrogens (tertiary/aromatic N) is 1. The number of hydrogen-bond acceptors (Lipinski definition) is 4. The van der Waals surface area contributed by atoms with Crippen LogP contribution in [0.1, 0.15) is 24.5 Å². The molecular weight excluding hydrogens is 228 g/mol. The number of nitrogens with two attached hydrogens (primary N) is 1. The number of likely N-dealkylation sites (N-methyl/N-ethyl adjacent to an activating group) is 1. The molecule has 0 heterocycles. The third-order valence-electron chi connectivity index (χ3n) is 3.56. The standard InChI is InChI=1S/C14H22N2O2/c1-16(8-10-5-13(17)6-10)9-14(18)11-3-2-4-12(15)7-11/h2-4,7,10,13-14,17-18H,5-6,8-9,15H2,1H3. The van der Waals surface area contributed by atoms with Crippen LogP contribution in [0.4, 0.5) is 5.69 Å². The Labute approximate surface area is 108 Å². The van der Waals surface area contributed by atoms with Crippen LogP contribution in [0, 0.1) is 5.92 Å². The van der Waals surface area contributed by atoms with Crippen molar-refractivity contribution >= 4 is 5.69 Å². The van der Waals surface area contributed by atoms with Crippen LogP contribution in [0.25, 0.3) is 0 Å². The SMILES string of the molecule is CN(CC1CC(O)C1)CC(O)c1cccc(N)c1. The van der Waals surface area contributed by atoms with E-state index < -0.39 is 6.10 Å². The molecule has 0 aromatic heterocycles. The Bertz CT molecular complexity index is 391. The van der Waals surface area contributed by atoms with Gasteiger partial charge in [0.15, 0.2) is 0 Å². The summed E-state index contributed by atoms with van der Waals surface area (Å²) in [7, 11) is 2.00. The minimum absolute atomic E-state index is 0.109. The van der Waals surface area contributed by atoms with Crippen LogP contribution >= 0.6 is 0 Å². The van der Waals surface area contributed by atoms with Crippen molar-refractivity contribution in [2.75, 3.05) is 25.9 Å². The van der Waals surface area contributed by atoms with Crippen LogP contribution in [0.2, 0.25) is 0 Å². The minimum Gasteiger partial charge on any atom is -0.399 e. The molecule has 1 aliphatic carbocycles. The Balaban J connectivity index is 1.81. The molecule has 1 fully saturated rings. The highest BCUT2D eigenvalue weighted by Crippen LogP contribution is 2.28. The van der Waals surface area contributed by atoms with Crippen molar-refractivity contribution in [3.8, 4) is 0 Å². The highest BCUT2D eigenvalue weighted by molar-refractivity contribution is 5.41. The first-order valence-electron chi connectivity index (χ1n) is 6.44. The van der Waals surface area contributed by atoms with Crippen molar-refractivity contribution in [3.63, 3.8) is 0 Å². The summed E-state index contributed by atoms with van der Waals surface area (Å²) in [5.74, 6) is 0.568. The van der Waals surface area contributed by atoms with E-state index in [9.17, 15) is 10.2 Å². The number of nitrogen functional groups attached to an aromatic ring is 1. The van der Waals surface area contributed by atoms with Crippen molar-refractivity contribution in [2.24, 2.45) is 5.92 Å². The van der Waals surface area contributed by atoms with E-state index >= 15 is 0 Å². The zero-order valence-electron chi connectivity index (χ0n) is 10.8. The lowest BCUT2D eigenvalue weighted by atomic mass is 9.82. The Hall–Kier alpha value is -1.10. The maximum Gasteiger partial charge on any atom is 0.0917 e. The summed E-state index contributed by atoms with van der Waals surface area (Å²) in [6.45, 7) is 1.52. The quantitative estimate of drug-likeness (QED) is 0.682. The fourth-order valence-corrected chi connectivity index (χ4v) is 2.53. The number of anilines is 1. The van der Waals surface area contributed by atoms with E-state index in [0.29, 0.717) is 18.2 Å². The number of benzene rings is 1. The lowest BCUT2D eigenvalue weighted by Crippen LogP contribution is -2.38. The lowest BCUT2D eigenvalue weighted by Gasteiger charge is -2.35. The van der Waals surface area contributed by atoms with E-state index in [1.165, 1.54) is 0 Å². The van der Waals surface area contributed by atoms with Gasteiger partial charge in [0.1, 0.15) is 0 Å².